The number of rotatable bonds is 9. The number of hydrogen-bond acceptors (Lipinski definition) is 11. The van der Waals surface area contributed by atoms with E-state index in [1.165, 1.54) is 35.3 Å². The summed E-state index contributed by atoms with van der Waals surface area (Å²) in [5, 5.41) is 28.9. The van der Waals surface area contributed by atoms with Gasteiger partial charge in [0.2, 0.25) is 12.3 Å². The summed E-state index contributed by atoms with van der Waals surface area (Å²) in [4.78, 5) is 58.4. The molecular weight excluding hydrogens is 498 g/mol. The first-order valence-electron chi connectivity index (χ1n) is 9.89. The number of hydrogen-bond donors (Lipinski definition) is 3. The number of aromatic nitrogens is 3. The van der Waals surface area contributed by atoms with Crippen LogP contribution in [0.4, 0.5) is 5.13 Å². The molecule has 2 unspecified atom stereocenters. The Morgan fingerprint density at radius 1 is 1.34 bits per heavy atom. The maximum absolute atomic E-state index is 12.9. The number of amides is 3. The lowest BCUT2D eigenvalue weighted by Crippen LogP contribution is -2.74. The maximum Gasteiger partial charge on any atom is 0.331 e. The molecule has 3 N–H and O–H groups in total. The molecule has 13 nitrogen and oxygen atoms in total. The normalized spacial score (nSPS) is 21.6. The van der Waals surface area contributed by atoms with Gasteiger partial charge in [-0.3, -0.25) is 14.4 Å². The van der Waals surface area contributed by atoms with E-state index in [9.17, 15) is 24.3 Å². The molecule has 2 aromatic rings. The van der Waals surface area contributed by atoms with E-state index in [0.717, 1.165) is 11.3 Å². The van der Waals surface area contributed by atoms with Gasteiger partial charge in [0.15, 0.2) is 16.9 Å². The van der Waals surface area contributed by atoms with Crippen LogP contribution in [0.1, 0.15) is 11.4 Å². The van der Waals surface area contributed by atoms with Crippen LogP contribution in [0, 0.1) is 0 Å². The lowest BCUT2D eigenvalue weighted by atomic mass is 9.97. The average Bonchev–Trinajstić information content (AvgIpc) is 3.32. The zero-order valence-electron chi connectivity index (χ0n) is 17.9. The van der Waals surface area contributed by atoms with E-state index in [2.05, 4.69) is 31.0 Å². The maximum atomic E-state index is 12.9. The van der Waals surface area contributed by atoms with Crippen LogP contribution >= 0.6 is 23.1 Å². The van der Waals surface area contributed by atoms with Gasteiger partial charge < -0.3 is 25.5 Å². The molecule has 1 fully saturated rings. The van der Waals surface area contributed by atoms with E-state index in [-0.39, 0.29) is 16.5 Å². The number of oxime groups is 1. The predicted octanol–water partition coefficient (Wildman–Crippen LogP) is 0.302. The number of aliphatic carboxylic acids is 1. The molecule has 4 heterocycles. The number of carbonyl (C=O) groups excluding carboxylic acids is 3. The second-order valence-corrected chi connectivity index (χ2v) is 8.84. The molecule has 0 aliphatic carbocycles. The van der Waals surface area contributed by atoms with Gasteiger partial charge in [-0.1, -0.05) is 11.2 Å². The Morgan fingerprint density at radius 3 is 2.86 bits per heavy atom. The summed E-state index contributed by atoms with van der Waals surface area (Å²) in [7, 11) is 1.25. The van der Waals surface area contributed by atoms with Crippen LogP contribution in [0.5, 0.6) is 0 Å². The first kappa shape index (κ1) is 24.0. The molecule has 180 valence electrons. The summed E-state index contributed by atoms with van der Waals surface area (Å²) < 4.78 is 0. The Kier molecular flexibility index (Phi) is 7.17. The van der Waals surface area contributed by atoms with Crippen LogP contribution in [0.2, 0.25) is 0 Å². The number of nitrogens with one attached hydrogen (secondary N) is 2. The van der Waals surface area contributed by atoms with Crippen LogP contribution in [0.25, 0.3) is 6.08 Å². The highest BCUT2D eigenvalue weighted by molar-refractivity contribution is 8.03. The van der Waals surface area contributed by atoms with Crippen LogP contribution in [-0.2, 0) is 24.0 Å². The van der Waals surface area contributed by atoms with Crippen LogP contribution in [0.15, 0.2) is 45.9 Å². The van der Waals surface area contributed by atoms with Gasteiger partial charge in [0.1, 0.15) is 24.2 Å². The van der Waals surface area contributed by atoms with Crippen LogP contribution in [0.3, 0.4) is 0 Å². The fraction of sp³-hybridized carbons (Fsp3) is 0.200. The van der Waals surface area contributed by atoms with Crippen molar-refractivity contribution in [3.63, 3.8) is 0 Å². The lowest BCUT2D eigenvalue weighted by Gasteiger charge is -2.51. The number of thiazole rings is 1. The summed E-state index contributed by atoms with van der Waals surface area (Å²) in [6, 6.07) is 1.19. The Labute approximate surface area is 205 Å². The SMILES string of the molecule is CON=C(C(=O)NC1C(=O)N2C(C(=O)O)C(C=Cc3cccnn3)=CS[C@@H]12)c1csc(NC=O)n1. The minimum atomic E-state index is -1.22. The van der Waals surface area contributed by atoms with Gasteiger partial charge in [-0.15, -0.1) is 23.1 Å². The fourth-order valence-corrected chi connectivity index (χ4v) is 5.25. The average molecular weight is 516 g/mol. The minimum Gasteiger partial charge on any atom is -0.479 e. The lowest BCUT2D eigenvalue weighted by molar-refractivity contribution is -0.159. The standard InChI is InChI=1S/C20H17N7O6S2/c1-33-26-13(12-8-35-20(23-12)21-9-28)16(29)24-14-17(30)27-15(19(31)32)10(7-34-18(14)27)4-5-11-3-2-6-22-25-11/h2-9,14-15,18H,1H3,(H,24,29)(H,31,32)(H,21,23,28)/t14?,15?,18-/m0/s1. The Balaban J connectivity index is 1.51. The Morgan fingerprint density at radius 2 is 2.17 bits per heavy atom. The molecule has 2 aliphatic heterocycles. The van der Waals surface area contributed by atoms with Crippen molar-refractivity contribution in [1.29, 1.82) is 0 Å². The highest BCUT2D eigenvalue weighted by atomic mass is 32.2. The van der Waals surface area contributed by atoms with Gasteiger partial charge >= 0.3 is 5.97 Å². The van der Waals surface area contributed by atoms with Gasteiger partial charge in [-0.2, -0.15) is 10.2 Å². The van der Waals surface area contributed by atoms with Crippen molar-refractivity contribution in [2.45, 2.75) is 17.5 Å². The third-order valence-corrected chi connectivity index (χ3v) is 6.86. The summed E-state index contributed by atoms with van der Waals surface area (Å²) in [5.74, 6) is -2.50. The summed E-state index contributed by atoms with van der Waals surface area (Å²) in [5.41, 5.74) is 0.858. The monoisotopic (exact) mass is 515 g/mol. The van der Waals surface area contributed by atoms with Crippen molar-refractivity contribution >= 4 is 64.2 Å². The molecule has 2 aromatic heterocycles. The first-order chi connectivity index (χ1) is 16.9. The van der Waals surface area contributed by atoms with Crippen molar-refractivity contribution in [1.82, 2.24) is 25.4 Å². The predicted molar refractivity (Wildman–Crippen MR) is 126 cm³/mol. The molecule has 2 aliphatic rings. The van der Waals surface area contributed by atoms with E-state index in [1.54, 1.807) is 29.7 Å². The fourth-order valence-electron chi connectivity index (χ4n) is 3.39. The zero-order chi connectivity index (χ0) is 24.9. The van der Waals surface area contributed by atoms with E-state index < -0.39 is 35.2 Å². The number of carboxylic acid groups (broad SMARTS) is 1. The third-order valence-electron chi connectivity index (χ3n) is 4.90. The zero-order valence-corrected chi connectivity index (χ0v) is 19.5. The van der Waals surface area contributed by atoms with Crippen molar-refractivity contribution in [3.8, 4) is 0 Å². The van der Waals surface area contributed by atoms with Gasteiger partial charge in [0.05, 0.1) is 5.69 Å². The summed E-state index contributed by atoms with van der Waals surface area (Å²) in [6.45, 7) is 0. The highest BCUT2D eigenvalue weighted by Crippen LogP contribution is 2.40. The number of anilines is 1. The number of nitrogens with zero attached hydrogens (tertiary/aromatic N) is 5. The summed E-state index contributed by atoms with van der Waals surface area (Å²) in [6.07, 6.45) is 5.14. The molecule has 35 heavy (non-hydrogen) atoms. The third kappa shape index (κ3) is 4.90. The van der Waals surface area contributed by atoms with Gasteiger partial charge in [-0.25, -0.2) is 9.78 Å². The molecule has 3 atom stereocenters. The van der Waals surface area contributed by atoms with E-state index in [4.69, 9.17) is 4.84 Å². The van der Waals surface area contributed by atoms with Gasteiger partial charge in [0.25, 0.3) is 5.91 Å². The number of carboxylic acids is 1. The molecule has 0 aromatic carbocycles. The van der Waals surface area contributed by atoms with E-state index in [1.807, 2.05) is 0 Å². The second-order valence-electron chi connectivity index (χ2n) is 6.99. The minimum absolute atomic E-state index is 0.137. The largest absolute Gasteiger partial charge is 0.479 e. The molecule has 0 radical (unpaired) electrons. The molecule has 4 rings (SSSR count). The molecule has 0 bridgehead atoms. The Hall–Kier alpha value is -4.11. The van der Waals surface area contributed by atoms with Crippen molar-refractivity contribution in [2.75, 3.05) is 12.4 Å². The van der Waals surface area contributed by atoms with E-state index in [0.29, 0.717) is 17.7 Å². The second kappa shape index (κ2) is 10.4. The molecule has 3 amide bonds. The molecule has 0 saturated carbocycles. The number of β-lactam (4-membered cyclic amide) rings is 1. The van der Waals surface area contributed by atoms with Gasteiger partial charge in [-0.05, 0) is 29.2 Å². The number of fused-ring (bicyclic) bond motifs is 1. The number of carbonyl (C=O) groups is 4. The Bertz CT molecular complexity index is 1250. The smallest absolute Gasteiger partial charge is 0.331 e. The molecule has 15 heteroatoms. The van der Waals surface area contributed by atoms with E-state index >= 15 is 0 Å². The number of thioether (sulfide) groups is 1. The van der Waals surface area contributed by atoms with Crippen molar-refractivity contribution in [3.05, 3.63) is 52.2 Å². The highest BCUT2D eigenvalue weighted by Gasteiger charge is 2.55. The van der Waals surface area contributed by atoms with Crippen molar-refractivity contribution in [2.24, 2.45) is 5.16 Å². The molecule has 0 spiro atoms. The topological polar surface area (TPSA) is 176 Å². The van der Waals surface area contributed by atoms with Crippen LogP contribution < -0.4 is 10.6 Å². The molecule has 1 saturated heterocycles. The quantitative estimate of drug-likeness (QED) is 0.182. The van der Waals surface area contributed by atoms with Gasteiger partial charge in [0, 0.05) is 11.6 Å². The van der Waals surface area contributed by atoms with Crippen molar-refractivity contribution < 1.29 is 29.1 Å². The first-order valence-corrected chi connectivity index (χ1v) is 11.7. The molecular formula is C20H17N7O6S2. The summed E-state index contributed by atoms with van der Waals surface area (Å²) >= 11 is 2.28. The van der Waals surface area contributed by atoms with Crippen LogP contribution in [-0.4, -0.2) is 79.7 Å².